The summed E-state index contributed by atoms with van der Waals surface area (Å²) in [5, 5.41) is 7.92. The Morgan fingerprint density at radius 3 is 2.70 bits per heavy atom. The van der Waals surface area contributed by atoms with Crippen LogP contribution in [-0.2, 0) is 9.59 Å². The monoisotopic (exact) mass is 467 g/mol. The van der Waals surface area contributed by atoms with Crippen molar-refractivity contribution in [1.82, 2.24) is 10.3 Å². The van der Waals surface area contributed by atoms with Crippen molar-refractivity contribution in [1.29, 1.82) is 0 Å². The number of benzene rings is 2. The van der Waals surface area contributed by atoms with Crippen molar-refractivity contribution in [3.05, 3.63) is 64.8 Å². The Morgan fingerprint density at radius 2 is 1.94 bits per heavy atom. The average Bonchev–Trinajstić information content (AvgIpc) is 3.26. The average molecular weight is 468 g/mol. The Bertz CT molecular complexity index is 1190. The first-order chi connectivity index (χ1) is 15.9. The molecule has 0 saturated carbocycles. The molecule has 2 heterocycles. The van der Waals surface area contributed by atoms with E-state index in [2.05, 4.69) is 15.6 Å². The number of Topliss-reactive ketones (excluding diaryl/α,β-unsaturated/α-hetero) is 1. The molecule has 9 heteroatoms. The van der Waals surface area contributed by atoms with Gasteiger partial charge in [0.15, 0.2) is 10.9 Å². The van der Waals surface area contributed by atoms with E-state index in [9.17, 15) is 18.8 Å². The molecule has 0 fully saturated rings. The Balaban J connectivity index is 1.39. The summed E-state index contributed by atoms with van der Waals surface area (Å²) in [6, 6.07) is 10.8. The fourth-order valence-electron chi connectivity index (χ4n) is 3.60. The lowest BCUT2D eigenvalue weighted by Crippen LogP contribution is -2.30. The molecule has 1 aliphatic rings. The smallest absolute Gasteiger partial charge is 0.226 e. The summed E-state index contributed by atoms with van der Waals surface area (Å²) in [6.07, 6.45) is 0.704. The molecule has 3 aromatic rings. The molecule has 4 rings (SSSR count). The van der Waals surface area contributed by atoms with Gasteiger partial charge >= 0.3 is 0 Å². The molecular formula is C24H22FN3O4S. The van der Waals surface area contributed by atoms with E-state index in [0.717, 1.165) is 16.9 Å². The molecule has 1 unspecified atom stereocenters. The van der Waals surface area contributed by atoms with E-state index in [-0.39, 0.29) is 36.5 Å². The molecule has 170 valence electrons. The third-order valence-electron chi connectivity index (χ3n) is 5.22. The van der Waals surface area contributed by atoms with E-state index < -0.39 is 5.82 Å². The fourth-order valence-corrected chi connectivity index (χ4v) is 4.34. The van der Waals surface area contributed by atoms with Crippen LogP contribution in [0.2, 0.25) is 0 Å². The number of carbonyl (C=O) groups is 3. The van der Waals surface area contributed by atoms with Crippen molar-refractivity contribution in [3.8, 4) is 17.0 Å². The summed E-state index contributed by atoms with van der Waals surface area (Å²) in [6.45, 7) is 2.02. The summed E-state index contributed by atoms with van der Waals surface area (Å²) in [5.74, 6) is -0.333. The molecule has 0 spiro atoms. The first-order valence-corrected chi connectivity index (χ1v) is 11.4. The molecule has 2 aromatic carbocycles. The first-order valence-electron chi connectivity index (χ1n) is 10.5. The Labute approximate surface area is 194 Å². The number of nitrogens with zero attached hydrogens (tertiary/aromatic N) is 1. The van der Waals surface area contributed by atoms with Crippen LogP contribution in [-0.4, -0.2) is 29.2 Å². The van der Waals surface area contributed by atoms with Crippen LogP contribution in [0.4, 0.5) is 9.52 Å². The molecule has 1 aliphatic heterocycles. The molecule has 0 aliphatic carbocycles. The first kappa shape index (κ1) is 22.6. The van der Waals surface area contributed by atoms with Gasteiger partial charge in [-0.05, 0) is 42.5 Å². The summed E-state index contributed by atoms with van der Waals surface area (Å²) < 4.78 is 18.7. The molecule has 1 aromatic heterocycles. The number of thiazole rings is 1. The lowest BCUT2D eigenvalue weighted by atomic mass is 9.97. The predicted octanol–water partition coefficient (Wildman–Crippen LogP) is 4.51. The second-order valence-electron chi connectivity index (χ2n) is 7.66. The number of halogens is 1. The SMILES string of the molecule is CC(=O)NC1CCOc2ccc(-c3csc(NC(=O)CCC(=O)c4ccc(F)cc4)n3)cc21. The van der Waals surface area contributed by atoms with E-state index in [1.54, 1.807) is 0 Å². The van der Waals surface area contributed by atoms with Gasteiger partial charge in [0.2, 0.25) is 11.8 Å². The highest BCUT2D eigenvalue weighted by atomic mass is 32.1. The van der Waals surface area contributed by atoms with Crippen LogP contribution in [0, 0.1) is 5.82 Å². The van der Waals surface area contributed by atoms with Gasteiger partial charge in [-0.25, -0.2) is 9.37 Å². The van der Waals surface area contributed by atoms with E-state index in [0.29, 0.717) is 29.4 Å². The molecule has 7 nitrogen and oxygen atoms in total. The number of nitrogens with one attached hydrogen (secondary N) is 2. The lowest BCUT2D eigenvalue weighted by Gasteiger charge is -2.26. The number of rotatable bonds is 7. The zero-order valence-electron chi connectivity index (χ0n) is 17.9. The number of ketones is 1. The molecule has 33 heavy (non-hydrogen) atoms. The normalized spacial score (nSPS) is 14.7. The maximum atomic E-state index is 13.0. The van der Waals surface area contributed by atoms with E-state index in [4.69, 9.17) is 4.74 Å². The lowest BCUT2D eigenvalue weighted by molar-refractivity contribution is -0.120. The topological polar surface area (TPSA) is 97.4 Å². The third-order valence-corrected chi connectivity index (χ3v) is 5.98. The van der Waals surface area contributed by atoms with Gasteiger partial charge in [0.25, 0.3) is 0 Å². The maximum absolute atomic E-state index is 13.0. The van der Waals surface area contributed by atoms with Gasteiger partial charge in [-0.1, -0.05) is 0 Å². The molecule has 2 N–H and O–H groups in total. The van der Waals surface area contributed by atoms with Gasteiger partial charge in [0.1, 0.15) is 11.6 Å². The summed E-state index contributed by atoms with van der Waals surface area (Å²) >= 11 is 1.28. The van der Waals surface area contributed by atoms with Crippen LogP contribution >= 0.6 is 11.3 Å². The number of hydrogen-bond acceptors (Lipinski definition) is 6. The minimum absolute atomic E-state index is 0.000295. The largest absolute Gasteiger partial charge is 0.493 e. The third kappa shape index (κ3) is 5.61. The van der Waals surface area contributed by atoms with Gasteiger partial charge < -0.3 is 15.4 Å². The predicted molar refractivity (Wildman–Crippen MR) is 123 cm³/mol. The van der Waals surface area contributed by atoms with Gasteiger partial charge in [-0.3, -0.25) is 14.4 Å². The van der Waals surface area contributed by atoms with Crippen molar-refractivity contribution in [2.75, 3.05) is 11.9 Å². The van der Waals surface area contributed by atoms with Crippen LogP contribution in [0.25, 0.3) is 11.3 Å². The number of fused-ring (bicyclic) bond motifs is 1. The molecule has 0 radical (unpaired) electrons. The van der Waals surface area contributed by atoms with E-state index in [1.165, 1.54) is 42.5 Å². The van der Waals surface area contributed by atoms with E-state index >= 15 is 0 Å². The van der Waals surface area contributed by atoms with Gasteiger partial charge in [-0.2, -0.15) is 0 Å². The summed E-state index contributed by atoms with van der Waals surface area (Å²) in [5.41, 5.74) is 2.80. The molecule has 0 saturated heterocycles. The molecule has 0 bridgehead atoms. The van der Waals surface area contributed by atoms with Crippen molar-refractivity contribution in [2.24, 2.45) is 0 Å². The summed E-state index contributed by atoms with van der Waals surface area (Å²) in [4.78, 5) is 40.4. The van der Waals surface area contributed by atoms with Gasteiger partial charge in [-0.15, -0.1) is 11.3 Å². The number of amides is 2. The highest BCUT2D eigenvalue weighted by molar-refractivity contribution is 7.14. The maximum Gasteiger partial charge on any atom is 0.226 e. The van der Waals surface area contributed by atoms with Crippen LogP contribution in [0.1, 0.15) is 48.1 Å². The quantitative estimate of drug-likeness (QED) is 0.499. The Morgan fingerprint density at radius 1 is 1.15 bits per heavy atom. The Hall–Kier alpha value is -3.59. The molecule has 2 amide bonds. The molecule has 1 atom stereocenters. The minimum Gasteiger partial charge on any atom is -0.493 e. The van der Waals surface area contributed by atoms with Gasteiger partial charge in [0.05, 0.1) is 18.3 Å². The van der Waals surface area contributed by atoms with Crippen molar-refractivity contribution < 1.29 is 23.5 Å². The van der Waals surface area contributed by atoms with Crippen molar-refractivity contribution >= 4 is 34.1 Å². The van der Waals surface area contributed by atoms with Crippen molar-refractivity contribution in [2.45, 2.75) is 32.2 Å². The number of carbonyl (C=O) groups excluding carboxylic acids is 3. The van der Waals surface area contributed by atoms with Crippen LogP contribution in [0.15, 0.2) is 47.8 Å². The summed E-state index contributed by atoms with van der Waals surface area (Å²) in [7, 11) is 0. The van der Waals surface area contributed by atoms with Crippen LogP contribution in [0.3, 0.4) is 0 Å². The number of anilines is 1. The fraction of sp³-hybridized carbons (Fsp3) is 0.250. The zero-order chi connectivity index (χ0) is 23.4. The number of ether oxygens (including phenoxy) is 1. The highest BCUT2D eigenvalue weighted by Crippen LogP contribution is 2.36. The standard InChI is InChI=1S/C24H22FN3O4S/c1-14(29)26-19-10-11-32-22-8-4-16(12-18(19)22)20-13-33-24(27-20)28-23(31)9-7-21(30)15-2-5-17(25)6-3-15/h2-6,8,12-13,19H,7,9-11H2,1H3,(H,26,29)(H,27,28,31). The molecular weight excluding hydrogens is 445 g/mol. The number of hydrogen-bond donors (Lipinski definition) is 2. The highest BCUT2D eigenvalue weighted by Gasteiger charge is 2.23. The van der Waals surface area contributed by atoms with E-state index in [1.807, 2.05) is 23.6 Å². The zero-order valence-corrected chi connectivity index (χ0v) is 18.7. The minimum atomic E-state index is -0.416. The Kier molecular flexibility index (Phi) is 6.79. The van der Waals surface area contributed by atoms with Crippen LogP contribution in [0.5, 0.6) is 5.75 Å². The van der Waals surface area contributed by atoms with Crippen LogP contribution < -0.4 is 15.4 Å². The second kappa shape index (κ2) is 9.91. The number of aromatic nitrogens is 1. The van der Waals surface area contributed by atoms with Gasteiger partial charge in [0, 0.05) is 48.3 Å². The second-order valence-corrected chi connectivity index (χ2v) is 8.52. The van der Waals surface area contributed by atoms with Crippen molar-refractivity contribution in [3.63, 3.8) is 0 Å².